The van der Waals surface area contributed by atoms with Gasteiger partial charge in [-0.05, 0) is 44.2 Å². The van der Waals surface area contributed by atoms with Crippen molar-refractivity contribution in [3.63, 3.8) is 0 Å². The van der Waals surface area contributed by atoms with E-state index < -0.39 is 11.7 Å². The number of hydrogen-bond donors (Lipinski definition) is 3. The Bertz CT molecular complexity index is 918. The maximum atomic E-state index is 10.2. The van der Waals surface area contributed by atoms with Crippen molar-refractivity contribution in [2.24, 2.45) is 0 Å². The van der Waals surface area contributed by atoms with E-state index in [1.807, 2.05) is 32.0 Å². The zero-order chi connectivity index (χ0) is 17.1. The molecule has 5 nitrogen and oxygen atoms in total. The predicted molar refractivity (Wildman–Crippen MR) is 89.4 cm³/mol. The molecule has 0 saturated heterocycles. The van der Waals surface area contributed by atoms with Crippen molar-refractivity contribution in [2.75, 3.05) is 0 Å². The van der Waals surface area contributed by atoms with Crippen LogP contribution in [0.4, 0.5) is 0 Å². The summed E-state index contributed by atoms with van der Waals surface area (Å²) in [7, 11) is 0. The lowest BCUT2D eigenvalue weighted by molar-refractivity contribution is -0.0410. The summed E-state index contributed by atoms with van der Waals surface area (Å²) in [6.07, 6.45) is -0.0822. The molecule has 0 fully saturated rings. The molecule has 1 aromatic heterocycles. The average molecular weight is 326 g/mol. The fourth-order valence-corrected chi connectivity index (χ4v) is 3.05. The SMILES string of the molecule is CC1(C)Oc2cc3cc(-c4cc(O)cc(O)c4)oc3cc2CC1O. The lowest BCUT2D eigenvalue weighted by atomic mass is 9.91. The maximum absolute atomic E-state index is 10.2. The third-order valence-corrected chi connectivity index (χ3v) is 4.48. The number of phenolic OH excluding ortho intramolecular Hbond substituents is 2. The topological polar surface area (TPSA) is 83.1 Å². The van der Waals surface area contributed by atoms with Gasteiger partial charge in [0, 0.05) is 29.0 Å². The van der Waals surface area contributed by atoms with Crippen molar-refractivity contribution in [3.05, 3.63) is 42.0 Å². The fourth-order valence-electron chi connectivity index (χ4n) is 3.05. The van der Waals surface area contributed by atoms with Crippen LogP contribution in [0.2, 0.25) is 0 Å². The molecule has 1 aliphatic rings. The summed E-state index contributed by atoms with van der Waals surface area (Å²) in [5.41, 5.74) is 1.52. The van der Waals surface area contributed by atoms with Gasteiger partial charge in [-0.1, -0.05) is 0 Å². The Morgan fingerprint density at radius 1 is 1.00 bits per heavy atom. The molecule has 0 aliphatic carbocycles. The van der Waals surface area contributed by atoms with Crippen LogP contribution in [-0.4, -0.2) is 27.0 Å². The Balaban J connectivity index is 1.82. The number of aliphatic hydroxyl groups excluding tert-OH is 1. The minimum absolute atomic E-state index is 0.0297. The number of hydrogen-bond acceptors (Lipinski definition) is 5. The van der Waals surface area contributed by atoms with Crippen molar-refractivity contribution >= 4 is 11.0 Å². The zero-order valence-electron chi connectivity index (χ0n) is 13.4. The molecule has 0 spiro atoms. The van der Waals surface area contributed by atoms with Crippen molar-refractivity contribution in [2.45, 2.75) is 32.0 Å². The zero-order valence-corrected chi connectivity index (χ0v) is 13.4. The number of benzene rings is 2. The highest BCUT2D eigenvalue weighted by Crippen LogP contribution is 2.39. The minimum atomic E-state index is -0.635. The number of aromatic hydroxyl groups is 2. The summed E-state index contributed by atoms with van der Waals surface area (Å²) < 4.78 is 11.8. The number of furan rings is 1. The maximum Gasteiger partial charge on any atom is 0.135 e. The second-order valence-electron chi connectivity index (χ2n) is 6.77. The monoisotopic (exact) mass is 326 g/mol. The number of aliphatic hydroxyl groups is 1. The van der Waals surface area contributed by atoms with E-state index >= 15 is 0 Å². The summed E-state index contributed by atoms with van der Waals surface area (Å²) in [6.45, 7) is 3.72. The van der Waals surface area contributed by atoms with Crippen LogP contribution in [0.3, 0.4) is 0 Å². The quantitative estimate of drug-likeness (QED) is 0.636. The first-order chi connectivity index (χ1) is 11.3. The summed E-state index contributed by atoms with van der Waals surface area (Å²) in [5.74, 6) is 1.22. The highest BCUT2D eigenvalue weighted by Gasteiger charge is 2.36. The number of rotatable bonds is 1. The molecule has 1 aliphatic heterocycles. The van der Waals surface area contributed by atoms with E-state index in [0.29, 0.717) is 23.3 Å². The molecule has 124 valence electrons. The normalized spacial score (nSPS) is 19.0. The molecule has 2 aromatic carbocycles. The summed E-state index contributed by atoms with van der Waals surface area (Å²) in [4.78, 5) is 0. The van der Waals surface area contributed by atoms with Gasteiger partial charge in [0.05, 0.1) is 6.10 Å². The average Bonchev–Trinajstić information content (AvgIpc) is 2.88. The first-order valence-electron chi connectivity index (χ1n) is 7.79. The molecule has 2 heterocycles. The van der Waals surface area contributed by atoms with E-state index in [0.717, 1.165) is 16.7 Å². The number of ether oxygens (including phenoxy) is 1. The van der Waals surface area contributed by atoms with Crippen LogP contribution in [0.5, 0.6) is 17.2 Å². The van der Waals surface area contributed by atoms with Crippen molar-refractivity contribution in [3.8, 4) is 28.6 Å². The number of fused-ring (bicyclic) bond motifs is 2. The number of phenols is 2. The molecule has 24 heavy (non-hydrogen) atoms. The van der Waals surface area contributed by atoms with E-state index in [9.17, 15) is 15.3 Å². The highest BCUT2D eigenvalue weighted by atomic mass is 16.5. The second kappa shape index (κ2) is 4.92. The molecule has 1 atom stereocenters. The third kappa shape index (κ3) is 2.37. The van der Waals surface area contributed by atoms with Gasteiger partial charge in [0.2, 0.25) is 0 Å². The van der Waals surface area contributed by atoms with Gasteiger partial charge in [0.25, 0.3) is 0 Å². The standard InChI is InChI=1S/C19H18O5/c1-19(2)18(22)8-12-6-16-11(7-17(12)24-19)5-15(23-16)10-3-13(20)9-14(21)4-10/h3-7,9,18,20-22H,8H2,1-2H3. The van der Waals surface area contributed by atoms with Crippen molar-refractivity contribution in [1.29, 1.82) is 0 Å². The van der Waals surface area contributed by atoms with Gasteiger partial charge in [-0.15, -0.1) is 0 Å². The Morgan fingerprint density at radius 3 is 2.42 bits per heavy atom. The van der Waals surface area contributed by atoms with E-state index in [4.69, 9.17) is 9.15 Å². The Hall–Kier alpha value is -2.66. The third-order valence-electron chi connectivity index (χ3n) is 4.48. The van der Waals surface area contributed by atoms with Gasteiger partial charge >= 0.3 is 0 Å². The summed E-state index contributed by atoms with van der Waals surface area (Å²) >= 11 is 0. The predicted octanol–water partition coefficient (Wildman–Crippen LogP) is 3.59. The summed E-state index contributed by atoms with van der Waals surface area (Å²) in [5, 5.41) is 30.3. The van der Waals surface area contributed by atoms with E-state index in [1.165, 1.54) is 18.2 Å². The second-order valence-corrected chi connectivity index (χ2v) is 6.77. The Kier molecular flexibility index (Phi) is 3.05. The first kappa shape index (κ1) is 14.9. The minimum Gasteiger partial charge on any atom is -0.508 e. The molecular weight excluding hydrogens is 308 g/mol. The van der Waals surface area contributed by atoms with Gasteiger partial charge in [-0.3, -0.25) is 0 Å². The Morgan fingerprint density at radius 2 is 1.71 bits per heavy atom. The van der Waals surface area contributed by atoms with Gasteiger partial charge in [0.15, 0.2) is 0 Å². The van der Waals surface area contributed by atoms with Gasteiger partial charge < -0.3 is 24.5 Å². The molecule has 0 amide bonds. The van der Waals surface area contributed by atoms with Crippen LogP contribution in [0.25, 0.3) is 22.3 Å². The lowest BCUT2D eigenvalue weighted by Crippen LogP contribution is -2.46. The molecule has 3 N–H and O–H groups in total. The van der Waals surface area contributed by atoms with Gasteiger partial charge in [0.1, 0.15) is 34.2 Å². The lowest BCUT2D eigenvalue weighted by Gasteiger charge is -2.36. The van der Waals surface area contributed by atoms with Crippen molar-refractivity contribution in [1.82, 2.24) is 0 Å². The van der Waals surface area contributed by atoms with Crippen LogP contribution < -0.4 is 4.74 Å². The van der Waals surface area contributed by atoms with Crippen LogP contribution in [0.1, 0.15) is 19.4 Å². The molecule has 3 aromatic rings. The Labute approximate surface area is 138 Å². The molecule has 0 bridgehead atoms. The first-order valence-corrected chi connectivity index (χ1v) is 7.79. The molecule has 1 unspecified atom stereocenters. The van der Waals surface area contributed by atoms with Gasteiger partial charge in [-0.2, -0.15) is 0 Å². The van der Waals surface area contributed by atoms with E-state index in [2.05, 4.69) is 0 Å². The largest absolute Gasteiger partial charge is 0.508 e. The van der Waals surface area contributed by atoms with Crippen LogP contribution in [0, 0.1) is 0 Å². The van der Waals surface area contributed by atoms with Gasteiger partial charge in [-0.25, -0.2) is 0 Å². The van der Waals surface area contributed by atoms with E-state index in [-0.39, 0.29) is 11.5 Å². The summed E-state index contributed by atoms with van der Waals surface area (Å²) in [6, 6.07) is 9.93. The molecule has 4 rings (SSSR count). The molecule has 5 heteroatoms. The molecule has 0 radical (unpaired) electrons. The smallest absolute Gasteiger partial charge is 0.135 e. The fraction of sp³-hybridized carbons (Fsp3) is 0.263. The highest BCUT2D eigenvalue weighted by molar-refractivity contribution is 5.85. The van der Waals surface area contributed by atoms with Crippen molar-refractivity contribution < 1.29 is 24.5 Å². The molecular formula is C19H18O5. The van der Waals surface area contributed by atoms with Crippen LogP contribution in [0.15, 0.2) is 40.8 Å². The van der Waals surface area contributed by atoms with Crippen LogP contribution in [-0.2, 0) is 6.42 Å². The molecule has 0 saturated carbocycles. The van der Waals surface area contributed by atoms with E-state index in [1.54, 1.807) is 0 Å². The van der Waals surface area contributed by atoms with Crippen LogP contribution >= 0.6 is 0 Å².